The molecule has 0 amide bonds. The Morgan fingerprint density at radius 3 is 2.30 bits per heavy atom. The van der Waals surface area contributed by atoms with Crippen LogP contribution in [0.25, 0.3) is 0 Å². The summed E-state index contributed by atoms with van der Waals surface area (Å²) in [6.45, 7) is 0. The minimum absolute atomic E-state index is 0.113. The van der Waals surface area contributed by atoms with Crippen molar-refractivity contribution >= 4 is 64.0 Å². The van der Waals surface area contributed by atoms with Crippen LogP contribution in [-0.2, 0) is 0 Å². The molecular weight excluding hydrogens is 342 g/mol. The quantitative estimate of drug-likeness (QED) is 0.568. The number of nitrogens with zero attached hydrogens (tertiary/aromatic N) is 1. The van der Waals surface area contributed by atoms with Crippen molar-refractivity contribution in [3.8, 4) is 5.75 Å². The van der Waals surface area contributed by atoms with E-state index in [2.05, 4.69) is 4.99 Å². The van der Waals surface area contributed by atoms with Gasteiger partial charge in [-0.15, -0.1) is 0 Å². The molecule has 0 bridgehead atoms. The zero-order valence-electron chi connectivity index (χ0n) is 9.87. The van der Waals surface area contributed by atoms with Gasteiger partial charge in [0.1, 0.15) is 5.75 Å². The second-order valence-electron chi connectivity index (χ2n) is 3.91. The van der Waals surface area contributed by atoms with Gasteiger partial charge in [0.05, 0.1) is 26.4 Å². The van der Waals surface area contributed by atoms with E-state index in [0.717, 1.165) is 0 Å². The standard InChI is InChI=1S/C13H8Cl4N2O/c14-7-1-6(13(20)10(17)2-7)5-19-12-4-9(16)8(15)3-11(12)18/h1-5,20H,18H2. The summed E-state index contributed by atoms with van der Waals surface area (Å²) in [6, 6.07) is 5.99. The lowest BCUT2D eigenvalue weighted by Gasteiger charge is -2.04. The second-order valence-corrected chi connectivity index (χ2v) is 5.57. The Labute approximate surface area is 135 Å². The largest absolute Gasteiger partial charge is 0.506 e. The van der Waals surface area contributed by atoms with Crippen molar-refractivity contribution in [2.24, 2.45) is 4.99 Å². The van der Waals surface area contributed by atoms with Crippen LogP contribution < -0.4 is 5.73 Å². The molecule has 0 spiro atoms. The van der Waals surface area contributed by atoms with Crippen LogP contribution in [0.1, 0.15) is 5.56 Å². The summed E-state index contributed by atoms with van der Waals surface area (Å²) in [5.41, 5.74) is 6.94. The molecule has 3 N–H and O–H groups in total. The number of anilines is 1. The number of phenolic OH excluding ortho intramolecular Hbond substituents is 1. The molecule has 0 radical (unpaired) electrons. The average Bonchev–Trinajstić information content (AvgIpc) is 2.37. The van der Waals surface area contributed by atoms with E-state index in [4.69, 9.17) is 52.1 Å². The van der Waals surface area contributed by atoms with Gasteiger partial charge in [0, 0.05) is 16.8 Å². The molecule has 104 valence electrons. The zero-order chi connectivity index (χ0) is 14.9. The SMILES string of the molecule is Nc1cc(Cl)c(Cl)cc1N=Cc1cc(Cl)cc(Cl)c1O. The van der Waals surface area contributed by atoms with Gasteiger partial charge in [-0.2, -0.15) is 0 Å². The number of halogens is 4. The van der Waals surface area contributed by atoms with Crippen molar-refractivity contribution in [1.29, 1.82) is 0 Å². The molecule has 3 nitrogen and oxygen atoms in total. The Balaban J connectivity index is 2.42. The Morgan fingerprint density at radius 1 is 0.950 bits per heavy atom. The van der Waals surface area contributed by atoms with Gasteiger partial charge in [0.25, 0.3) is 0 Å². The monoisotopic (exact) mass is 348 g/mol. The van der Waals surface area contributed by atoms with Crippen LogP contribution in [0.3, 0.4) is 0 Å². The zero-order valence-corrected chi connectivity index (χ0v) is 12.9. The summed E-state index contributed by atoms with van der Waals surface area (Å²) in [7, 11) is 0. The predicted molar refractivity (Wildman–Crippen MR) is 86.3 cm³/mol. The predicted octanol–water partition coefficient (Wildman–Crippen LogP) is 5.34. The van der Waals surface area contributed by atoms with Crippen LogP contribution in [0, 0.1) is 0 Å². The second kappa shape index (κ2) is 6.10. The third kappa shape index (κ3) is 3.30. The fraction of sp³-hybridized carbons (Fsp3) is 0. The highest BCUT2D eigenvalue weighted by molar-refractivity contribution is 6.42. The van der Waals surface area contributed by atoms with Gasteiger partial charge in [-0.05, 0) is 24.3 Å². The highest BCUT2D eigenvalue weighted by Gasteiger charge is 2.07. The summed E-state index contributed by atoms with van der Waals surface area (Å²) < 4.78 is 0. The van der Waals surface area contributed by atoms with Crippen molar-refractivity contribution in [1.82, 2.24) is 0 Å². The smallest absolute Gasteiger partial charge is 0.143 e. The number of rotatable bonds is 2. The van der Waals surface area contributed by atoms with Crippen LogP contribution in [-0.4, -0.2) is 11.3 Å². The molecule has 0 aliphatic rings. The molecule has 0 atom stereocenters. The van der Waals surface area contributed by atoms with Gasteiger partial charge < -0.3 is 10.8 Å². The van der Waals surface area contributed by atoms with E-state index in [0.29, 0.717) is 32.0 Å². The highest BCUT2D eigenvalue weighted by Crippen LogP contribution is 2.34. The number of hydrogen-bond acceptors (Lipinski definition) is 3. The van der Waals surface area contributed by atoms with Crippen LogP contribution in [0.4, 0.5) is 11.4 Å². The minimum Gasteiger partial charge on any atom is -0.506 e. The maximum atomic E-state index is 9.81. The number of phenols is 1. The topological polar surface area (TPSA) is 58.6 Å². The third-order valence-electron chi connectivity index (χ3n) is 2.47. The van der Waals surface area contributed by atoms with Crippen LogP contribution >= 0.6 is 46.4 Å². The first-order valence-electron chi connectivity index (χ1n) is 5.35. The van der Waals surface area contributed by atoms with Crippen LogP contribution in [0.15, 0.2) is 29.3 Å². The molecule has 7 heteroatoms. The Bertz CT molecular complexity index is 701. The molecule has 2 rings (SSSR count). The Morgan fingerprint density at radius 2 is 1.60 bits per heavy atom. The molecular formula is C13H8Cl4N2O. The molecule has 0 aromatic heterocycles. The number of hydrogen-bond donors (Lipinski definition) is 2. The van der Waals surface area contributed by atoms with Crippen LogP contribution in [0.2, 0.25) is 20.1 Å². The third-order valence-corrected chi connectivity index (χ3v) is 3.70. The molecule has 0 saturated heterocycles. The van der Waals surface area contributed by atoms with Crippen molar-refractivity contribution in [2.45, 2.75) is 0 Å². The summed E-state index contributed by atoms with van der Waals surface area (Å²) >= 11 is 23.4. The molecule has 0 aliphatic carbocycles. The van der Waals surface area contributed by atoms with Gasteiger partial charge in [0.15, 0.2) is 0 Å². The lowest BCUT2D eigenvalue weighted by atomic mass is 10.2. The number of nitrogen functional groups attached to an aromatic ring is 1. The van der Waals surface area contributed by atoms with E-state index in [-0.39, 0.29) is 10.8 Å². The molecule has 0 saturated carbocycles. The van der Waals surface area contributed by atoms with Crippen molar-refractivity contribution in [3.63, 3.8) is 0 Å². The highest BCUT2D eigenvalue weighted by atomic mass is 35.5. The lowest BCUT2D eigenvalue weighted by Crippen LogP contribution is -1.88. The molecule has 20 heavy (non-hydrogen) atoms. The average molecular weight is 350 g/mol. The van der Waals surface area contributed by atoms with Gasteiger partial charge in [0.2, 0.25) is 0 Å². The maximum absolute atomic E-state index is 9.81. The normalized spacial score (nSPS) is 11.2. The Kier molecular flexibility index (Phi) is 4.66. The molecule has 0 heterocycles. The van der Waals surface area contributed by atoms with E-state index in [1.165, 1.54) is 30.5 Å². The maximum Gasteiger partial charge on any atom is 0.143 e. The number of benzene rings is 2. The summed E-state index contributed by atoms with van der Waals surface area (Å²) in [5, 5.41) is 11.0. The van der Waals surface area contributed by atoms with E-state index < -0.39 is 0 Å². The van der Waals surface area contributed by atoms with Gasteiger partial charge in [-0.25, -0.2) is 0 Å². The van der Waals surface area contributed by atoms with E-state index in [1.807, 2.05) is 0 Å². The minimum atomic E-state index is -0.113. The summed E-state index contributed by atoms with van der Waals surface area (Å²) in [4.78, 5) is 4.15. The van der Waals surface area contributed by atoms with Crippen molar-refractivity contribution < 1.29 is 5.11 Å². The molecule has 2 aromatic carbocycles. The van der Waals surface area contributed by atoms with E-state index in [1.54, 1.807) is 0 Å². The molecule has 2 aromatic rings. The number of nitrogens with two attached hydrogens (primary N) is 1. The summed E-state index contributed by atoms with van der Waals surface area (Å²) in [5.74, 6) is -0.113. The van der Waals surface area contributed by atoms with Crippen molar-refractivity contribution in [3.05, 3.63) is 49.9 Å². The first-order chi connectivity index (χ1) is 9.38. The fourth-order valence-electron chi connectivity index (χ4n) is 1.49. The van der Waals surface area contributed by atoms with Gasteiger partial charge >= 0.3 is 0 Å². The first kappa shape index (κ1) is 15.3. The lowest BCUT2D eigenvalue weighted by molar-refractivity contribution is 0.475. The van der Waals surface area contributed by atoms with E-state index >= 15 is 0 Å². The van der Waals surface area contributed by atoms with Crippen molar-refractivity contribution in [2.75, 3.05) is 5.73 Å². The van der Waals surface area contributed by atoms with E-state index in [9.17, 15) is 5.11 Å². The number of aliphatic imine (C=N–C) groups is 1. The first-order valence-corrected chi connectivity index (χ1v) is 6.86. The molecule has 0 aliphatic heterocycles. The fourth-order valence-corrected chi connectivity index (χ4v) is 2.33. The van der Waals surface area contributed by atoms with Gasteiger partial charge in [-0.3, -0.25) is 4.99 Å². The summed E-state index contributed by atoms with van der Waals surface area (Å²) in [6.07, 6.45) is 1.39. The molecule has 0 fully saturated rings. The molecule has 0 unspecified atom stereocenters. The Hall–Kier alpha value is -1.13. The van der Waals surface area contributed by atoms with Gasteiger partial charge in [-0.1, -0.05) is 46.4 Å². The number of aromatic hydroxyl groups is 1. The van der Waals surface area contributed by atoms with Crippen LogP contribution in [0.5, 0.6) is 5.75 Å².